The van der Waals surface area contributed by atoms with Crippen LogP contribution in [0, 0.1) is 13.8 Å². The molecule has 104 valence electrons. The van der Waals surface area contributed by atoms with Gasteiger partial charge in [-0.2, -0.15) is 0 Å². The van der Waals surface area contributed by atoms with E-state index in [0.717, 1.165) is 12.1 Å². The summed E-state index contributed by atoms with van der Waals surface area (Å²) >= 11 is 0. The zero-order chi connectivity index (χ0) is 14.7. The van der Waals surface area contributed by atoms with Crippen molar-refractivity contribution in [1.29, 1.82) is 0 Å². The van der Waals surface area contributed by atoms with Crippen molar-refractivity contribution in [3.05, 3.63) is 89.3 Å². The van der Waals surface area contributed by atoms with Gasteiger partial charge in [0.1, 0.15) is 0 Å². The lowest BCUT2D eigenvalue weighted by Gasteiger charge is -2.03. The summed E-state index contributed by atoms with van der Waals surface area (Å²) in [5.74, 6) is 0. The van der Waals surface area contributed by atoms with E-state index in [2.05, 4.69) is 72.6 Å². The number of allylic oxidation sites excluding steroid dienone is 6. The van der Waals surface area contributed by atoms with Crippen molar-refractivity contribution in [3.8, 4) is 0 Å². The van der Waals surface area contributed by atoms with Crippen LogP contribution in [0.5, 0.6) is 0 Å². The minimum Gasteiger partial charge on any atom is -0.261 e. The summed E-state index contributed by atoms with van der Waals surface area (Å²) in [5, 5.41) is 0. The average Bonchev–Trinajstić information content (AvgIpc) is 2.75. The van der Waals surface area contributed by atoms with E-state index < -0.39 is 0 Å². The second-order valence-corrected chi connectivity index (χ2v) is 5.44. The third-order valence-corrected chi connectivity index (χ3v) is 3.75. The predicted molar refractivity (Wildman–Crippen MR) is 89.9 cm³/mol. The molecule has 0 spiro atoms. The Morgan fingerprint density at radius 3 is 2.00 bits per heavy atom. The molecule has 0 atom stereocenters. The highest BCUT2D eigenvalue weighted by molar-refractivity contribution is 5.83. The molecule has 0 radical (unpaired) electrons. The number of hydrogen-bond acceptors (Lipinski definition) is 1. The molecular formula is C20H19N. The molecule has 1 aliphatic rings. The first kappa shape index (κ1) is 13.6. The van der Waals surface area contributed by atoms with Gasteiger partial charge in [0.25, 0.3) is 0 Å². The second-order valence-electron chi connectivity index (χ2n) is 5.44. The van der Waals surface area contributed by atoms with E-state index in [1.807, 2.05) is 13.1 Å². The first-order chi connectivity index (χ1) is 10.2. The molecule has 3 rings (SSSR count). The van der Waals surface area contributed by atoms with E-state index in [0.29, 0.717) is 0 Å². The summed E-state index contributed by atoms with van der Waals surface area (Å²) in [6, 6.07) is 12.9. The van der Waals surface area contributed by atoms with Gasteiger partial charge in [0.05, 0.1) is 0 Å². The average molecular weight is 273 g/mol. The number of aryl methyl sites for hydroxylation is 2. The highest BCUT2D eigenvalue weighted by Gasteiger charge is 2.04. The SMILES string of the molecule is Cc1ccc(C2=CCC=C(c3ccc(C)nc3)C=C2)cc1. The summed E-state index contributed by atoms with van der Waals surface area (Å²) in [6.07, 6.45) is 11.8. The van der Waals surface area contributed by atoms with Crippen LogP contribution in [-0.4, -0.2) is 4.98 Å². The van der Waals surface area contributed by atoms with Gasteiger partial charge >= 0.3 is 0 Å². The summed E-state index contributed by atoms with van der Waals surface area (Å²) < 4.78 is 0. The Bertz CT molecular complexity index is 650. The number of pyridine rings is 1. The molecule has 1 aromatic heterocycles. The zero-order valence-corrected chi connectivity index (χ0v) is 12.5. The van der Waals surface area contributed by atoms with Gasteiger partial charge in [-0.3, -0.25) is 4.98 Å². The van der Waals surface area contributed by atoms with Crippen LogP contribution >= 0.6 is 0 Å². The maximum Gasteiger partial charge on any atom is 0.0373 e. The third-order valence-electron chi connectivity index (χ3n) is 3.75. The van der Waals surface area contributed by atoms with E-state index >= 15 is 0 Å². The van der Waals surface area contributed by atoms with E-state index in [1.165, 1.54) is 27.8 Å². The molecule has 0 unspecified atom stereocenters. The Morgan fingerprint density at radius 2 is 1.38 bits per heavy atom. The van der Waals surface area contributed by atoms with Gasteiger partial charge in [0, 0.05) is 11.9 Å². The summed E-state index contributed by atoms with van der Waals surface area (Å²) in [5.41, 5.74) is 7.31. The summed E-state index contributed by atoms with van der Waals surface area (Å²) in [6.45, 7) is 4.13. The number of rotatable bonds is 2. The van der Waals surface area contributed by atoms with Crippen molar-refractivity contribution in [2.75, 3.05) is 0 Å². The molecule has 1 heteroatoms. The van der Waals surface area contributed by atoms with E-state index in [4.69, 9.17) is 0 Å². The first-order valence-corrected chi connectivity index (χ1v) is 7.31. The van der Waals surface area contributed by atoms with Crippen molar-refractivity contribution in [2.45, 2.75) is 20.3 Å². The number of benzene rings is 1. The predicted octanol–water partition coefficient (Wildman–Crippen LogP) is 5.13. The van der Waals surface area contributed by atoms with Gasteiger partial charge in [-0.15, -0.1) is 0 Å². The number of hydrogen-bond donors (Lipinski definition) is 0. The van der Waals surface area contributed by atoms with Crippen LogP contribution in [0.4, 0.5) is 0 Å². The highest BCUT2D eigenvalue weighted by Crippen LogP contribution is 2.25. The fourth-order valence-corrected chi connectivity index (χ4v) is 2.44. The van der Waals surface area contributed by atoms with E-state index in [1.54, 1.807) is 0 Å². The van der Waals surface area contributed by atoms with Gasteiger partial charge in [-0.1, -0.05) is 60.2 Å². The highest BCUT2D eigenvalue weighted by atomic mass is 14.7. The summed E-state index contributed by atoms with van der Waals surface area (Å²) in [4.78, 5) is 4.38. The van der Waals surface area contributed by atoms with Gasteiger partial charge in [-0.25, -0.2) is 0 Å². The maximum atomic E-state index is 4.38. The van der Waals surface area contributed by atoms with Crippen LogP contribution in [0.25, 0.3) is 11.1 Å². The normalized spacial score (nSPS) is 14.4. The Balaban J connectivity index is 1.85. The van der Waals surface area contributed by atoms with Crippen LogP contribution in [-0.2, 0) is 0 Å². The molecule has 1 heterocycles. The molecule has 0 N–H and O–H groups in total. The monoisotopic (exact) mass is 273 g/mol. The molecule has 1 aromatic carbocycles. The molecule has 21 heavy (non-hydrogen) atoms. The second kappa shape index (κ2) is 5.92. The maximum absolute atomic E-state index is 4.38. The Labute approximate surface area is 126 Å². The number of aromatic nitrogens is 1. The fourth-order valence-electron chi connectivity index (χ4n) is 2.44. The van der Waals surface area contributed by atoms with Crippen LogP contribution in [0.3, 0.4) is 0 Å². The number of nitrogens with zero attached hydrogens (tertiary/aromatic N) is 1. The Hall–Kier alpha value is -2.41. The lowest BCUT2D eigenvalue weighted by atomic mass is 10.0. The zero-order valence-electron chi connectivity index (χ0n) is 12.5. The Morgan fingerprint density at radius 1 is 0.762 bits per heavy atom. The molecule has 1 nitrogen and oxygen atoms in total. The first-order valence-electron chi connectivity index (χ1n) is 7.31. The molecule has 0 bridgehead atoms. The minimum atomic E-state index is 0.944. The fraction of sp³-hybridized carbons (Fsp3) is 0.150. The van der Waals surface area contributed by atoms with Crippen LogP contribution in [0.15, 0.2) is 66.9 Å². The smallest absolute Gasteiger partial charge is 0.0373 e. The molecule has 0 saturated carbocycles. The molecular weight excluding hydrogens is 254 g/mol. The summed E-state index contributed by atoms with van der Waals surface area (Å²) in [7, 11) is 0. The molecule has 0 saturated heterocycles. The van der Waals surface area contributed by atoms with Crippen LogP contribution in [0.1, 0.15) is 28.8 Å². The van der Waals surface area contributed by atoms with Crippen molar-refractivity contribution in [2.24, 2.45) is 0 Å². The van der Waals surface area contributed by atoms with Crippen molar-refractivity contribution in [3.63, 3.8) is 0 Å². The van der Waals surface area contributed by atoms with Crippen LogP contribution in [0.2, 0.25) is 0 Å². The Kier molecular flexibility index (Phi) is 3.83. The van der Waals surface area contributed by atoms with Crippen molar-refractivity contribution >= 4 is 11.1 Å². The van der Waals surface area contributed by atoms with Gasteiger partial charge in [-0.05, 0) is 48.6 Å². The lowest BCUT2D eigenvalue weighted by Crippen LogP contribution is -1.85. The van der Waals surface area contributed by atoms with Crippen LogP contribution < -0.4 is 0 Å². The largest absolute Gasteiger partial charge is 0.261 e. The van der Waals surface area contributed by atoms with Gasteiger partial charge in [0.2, 0.25) is 0 Å². The van der Waals surface area contributed by atoms with Gasteiger partial charge in [0.15, 0.2) is 0 Å². The standard InChI is InChI=1S/C20H19N/c1-15-6-9-19(10-7-15)17-4-3-5-18(13-12-17)20-11-8-16(2)21-14-20/h4-14H,3H2,1-2H3. The molecule has 0 fully saturated rings. The molecule has 2 aromatic rings. The van der Waals surface area contributed by atoms with E-state index in [-0.39, 0.29) is 0 Å². The molecule has 0 amide bonds. The van der Waals surface area contributed by atoms with E-state index in [9.17, 15) is 0 Å². The third kappa shape index (κ3) is 3.19. The minimum absolute atomic E-state index is 0.944. The molecule has 1 aliphatic carbocycles. The molecule has 0 aliphatic heterocycles. The topological polar surface area (TPSA) is 12.9 Å². The quantitative estimate of drug-likeness (QED) is 0.739. The van der Waals surface area contributed by atoms with Crippen molar-refractivity contribution < 1.29 is 0 Å². The van der Waals surface area contributed by atoms with Crippen molar-refractivity contribution in [1.82, 2.24) is 4.98 Å². The lowest BCUT2D eigenvalue weighted by molar-refractivity contribution is 1.19. The van der Waals surface area contributed by atoms with Gasteiger partial charge < -0.3 is 0 Å².